The summed E-state index contributed by atoms with van der Waals surface area (Å²) >= 11 is 1.86. The van der Waals surface area contributed by atoms with Crippen LogP contribution in [0.3, 0.4) is 0 Å². The Balaban J connectivity index is 2.77. The molecule has 1 atom stereocenters. The van der Waals surface area contributed by atoms with Gasteiger partial charge in [-0.3, -0.25) is 10.1 Å². The number of alkyl halides is 3. The molecule has 0 spiro atoms. The van der Waals surface area contributed by atoms with Crippen LogP contribution < -0.4 is 0 Å². The summed E-state index contributed by atoms with van der Waals surface area (Å²) in [5.74, 6) is 3.15. The first-order valence-corrected chi connectivity index (χ1v) is 6.03. The van der Waals surface area contributed by atoms with Gasteiger partial charge in [-0.25, -0.2) is 4.79 Å². The van der Waals surface area contributed by atoms with Gasteiger partial charge < -0.3 is 4.74 Å². The lowest BCUT2D eigenvalue weighted by atomic mass is 10.2. The fourth-order valence-corrected chi connectivity index (χ4v) is 1.23. The zero-order valence-electron chi connectivity index (χ0n) is 10.1. The Kier molecular flexibility index (Phi) is 5.16. The van der Waals surface area contributed by atoms with Gasteiger partial charge in [0, 0.05) is 33.6 Å². The van der Waals surface area contributed by atoms with Gasteiger partial charge in [0.25, 0.3) is 5.69 Å². The van der Waals surface area contributed by atoms with E-state index in [1.54, 1.807) is 0 Å². The van der Waals surface area contributed by atoms with E-state index in [1.165, 1.54) is 31.2 Å². The first-order chi connectivity index (χ1) is 9.20. The van der Waals surface area contributed by atoms with E-state index in [0.717, 1.165) is 0 Å². The highest BCUT2D eigenvalue weighted by atomic mass is 79.9. The van der Waals surface area contributed by atoms with Crippen molar-refractivity contribution in [3.8, 4) is 11.8 Å². The largest absolute Gasteiger partial charge is 0.444 e. The Labute approximate surface area is 121 Å². The molecule has 0 radical (unpaired) electrons. The number of nitrogens with zero attached hydrogens (tertiary/aromatic N) is 1. The van der Waals surface area contributed by atoms with Crippen molar-refractivity contribution in [2.24, 2.45) is 0 Å². The molecule has 0 N–H and O–H groups in total. The zero-order chi connectivity index (χ0) is 15.3. The average Bonchev–Trinajstić information content (AvgIpc) is 2.35. The summed E-state index contributed by atoms with van der Waals surface area (Å²) in [5, 5.41) is 10.5. The fraction of sp³-hybridized carbons (Fsp3) is 0.250. The maximum absolute atomic E-state index is 12.5. The monoisotopic (exact) mass is 347 g/mol. The Bertz CT molecular complexity index is 589. The minimum Gasteiger partial charge on any atom is -0.444 e. The van der Waals surface area contributed by atoms with Gasteiger partial charge in [0.2, 0.25) is 0 Å². The molecule has 0 aliphatic rings. The van der Waals surface area contributed by atoms with E-state index >= 15 is 0 Å². The number of hydrogen-bond donors (Lipinski definition) is 0. The normalized spacial score (nSPS) is 12.0. The van der Waals surface area contributed by atoms with E-state index in [4.69, 9.17) is 0 Å². The number of non-ortho nitro benzene ring substituents is 1. The van der Waals surface area contributed by atoms with Gasteiger partial charge in [0.15, 0.2) is 6.10 Å². The van der Waals surface area contributed by atoms with Crippen LogP contribution >= 0.6 is 15.9 Å². The molecule has 0 aliphatic heterocycles. The van der Waals surface area contributed by atoms with Crippen LogP contribution in [-0.4, -0.2) is 21.8 Å². The first kappa shape index (κ1) is 16.0. The summed E-state index contributed by atoms with van der Waals surface area (Å²) in [7, 11) is 0. The second kappa shape index (κ2) is 6.43. The van der Waals surface area contributed by atoms with Crippen molar-refractivity contribution >= 4 is 27.6 Å². The lowest BCUT2D eigenvalue weighted by Gasteiger charge is -2.10. The van der Waals surface area contributed by atoms with Crippen LogP contribution in [0.2, 0.25) is 0 Å². The van der Waals surface area contributed by atoms with E-state index in [9.17, 15) is 23.7 Å². The second-order valence-corrected chi connectivity index (χ2v) is 4.62. The van der Waals surface area contributed by atoms with E-state index in [-0.39, 0.29) is 5.69 Å². The molecule has 0 saturated carbocycles. The van der Waals surface area contributed by atoms with Gasteiger partial charge in [-0.2, -0.15) is 8.78 Å². The van der Waals surface area contributed by atoms with Gasteiger partial charge in [-0.05, 0) is 13.0 Å². The minimum atomic E-state index is -3.77. The summed E-state index contributed by atoms with van der Waals surface area (Å²) < 4.78 is 29.4. The molecular formula is C12H8BrF2NO4. The summed E-state index contributed by atoms with van der Waals surface area (Å²) in [6.45, 7) is 1.31. The number of carbonyl (C=O) groups is 1. The average molecular weight is 348 g/mol. The number of rotatable bonds is 3. The van der Waals surface area contributed by atoms with Gasteiger partial charge in [0.1, 0.15) is 0 Å². The summed E-state index contributed by atoms with van der Waals surface area (Å²) in [6.07, 6.45) is -1.08. The molecule has 1 unspecified atom stereocenters. The minimum absolute atomic E-state index is 0.145. The molecule has 0 bridgehead atoms. The van der Waals surface area contributed by atoms with Gasteiger partial charge in [-0.15, -0.1) is 0 Å². The van der Waals surface area contributed by atoms with Crippen LogP contribution in [0.5, 0.6) is 0 Å². The maximum atomic E-state index is 12.5. The van der Waals surface area contributed by atoms with E-state index < -0.39 is 21.8 Å². The Morgan fingerprint density at radius 3 is 2.75 bits per heavy atom. The van der Waals surface area contributed by atoms with E-state index in [0.29, 0.717) is 5.56 Å². The molecular weight excluding hydrogens is 340 g/mol. The maximum Gasteiger partial charge on any atom is 0.396 e. The third-order valence-corrected chi connectivity index (χ3v) is 2.32. The van der Waals surface area contributed by atoms with Gasteiger partial charge in [0.05, 0.1) is 4.92 Å². The number of carbonyl (C=O) groups excluding carboxylic acids is 1. The summed E-state index contributed by atoms with van der Waals surface area (Å²) in [6, 6.07) is 5.46. The van der Waals surface area contributed by atoms with Crippen LogP contribution in [-0.2, 0) is 9.53 Å². The van der Waals surface area contributed by atoms with Crippen LogP contribution in [0.25, 0.3) is 0 Å². The molecule has 5 nitrogen and oxygen atoms in total. The number of ether oxygens (including phenoxy) is 1. The molecule has 8 heteroatoms. The Hall–Kier alpha value is -2.01. The lowest BCUT2D eigenvalue weighted by Crippen LogP contribution is -2.27. The zero-order valence-corrected chi connectivity index (χ0v) is 11.7. The third-order valence-electron chi connectivity index (χ3n) is 1.99. The van der Waals surface area contributed by atoms with E-state index in [1.807, 2.05) is 15.9 Å². The highest BCUT2D eigenvalue weighted by Crippen LogP contribution is 2.23. The molecule has 0 fully saturated rings. The molecule has 1 aromatic rings. The number of esters is 1. The van der Waals surface area contributed by atoms with Crippen LogP contribution in [0, 0.1) is 22.0 Å². The SMILES string of the molecule is CC(C#Cc1cccc([N+](=O)[O-])c1)OC(=O)C(F)(F)Br. The fourth-order valence-electron chi connectivity index (χ4n) is 1.14. The summed E-state index contributed by atoms with van der Waals surface area (Å²) in [5.41, 5.74) is 0.168. The van der Waals surface area contributed by atoms with E-state index in [2.05, 4.69) is 16.6 Å². The highest BCUT2D eigenvalue weighted by molar-refractivity contribution is 9.10. The molecule has 1 aromatic carbocycles. The van der Waals surface area contributed by atoms with Crippen molar-refractivity contribution in [3.63, 3.8) is 0 Å². The topological polar surface area (TPSA) is 69.4 Å². The number of halogens is 3. The van der Waals surface area contributed by atoms with Crippen molar-refractivity contribution < 1.29 is 23.2 Å². The molecule has 1 rings (SSSR count). The molecule has 20 heavy (non-hydrogen) atoms. The number of nitro groups is 1. The third kappa shape index (κ3) is 4.93. The van der Waals surface area contributed by atoms with Crippen LogP contribution in [0.4, 0.5) is 14.5 Å². The van der Waals surface area contributed by atoms with Crippen molar-refractivity contribution in [3.05, 3.63) is 39.9 Å². The summed E-state index contributed by atoms with van der Waals surface area (Å²) in [4.78, 5) is 17.0. The van der Waals surface area contributed by atoms with Gasteiger partial charge in [-0.1, -0.05) is 17.9 Å². The Morgan fingerprint density at radius 2 is 2.20 bits per heavy atom. The van der Waals surface area contributed by atoms with Crippen molar-refractivity contribution in [1.29, 1.82) is 0 Å². The highest BCUT2D eigenvalue weighted by Gasteiger charge is 2.37. The quantitative estimate of drug-likeness (QED) is 0.277. The number of hydrogen-bond acceptors (Lipinski definition) is 4. The van der Waals surface area contributed by atoms with Crippen molar-refractivity contribution in [2.75, 3.05) is 0 Å². The van der Waals surface area contributed by atoms with Crippen molar-refractivity contribution in [2.45, 2.75) is 17.9 Å². The molecule has 0 amide bonds. The molecule has 106 valence electrons. The van der Waals surface area contributed by atoms with Crippen LogP contribution in [0.1, 0.15) is 12.5 Å². The Morgan fingerprint density at radius 1 is 1.55 bits per heavy atom. The molecule has 0 aliphatic carbocycles. The molecule has 0 saturated heterocycles. The van der Waals surface area contributed by atoms with Gasteiger partial charge >= 0.3 is 10.8 Å². The second-order valence-electron chi connectivity index (χ2n) is 3.62. The number of benzene rings is 1. The first-order valence-electron chi connectivity index (χ1n) is 5.24. The lowest BCUT2D eigenvalue weighted by molar-refractivity contribution is -0.384. The smallest absolute Gasteiger partial charge is 0.396 e. The number of nitro benzene ring substituents is 1. The van der Waals surface area contributed by atoms with Crippen LogP contribution in [0.15, 0.2) is 24.3 Å². The predicted octanol–water partition coefficient (Wildman–Crippen LogP) is 2.87. The van der Waals surface area contributed by atoms with Crippen molar-refractivity contribution in [1.82, 2.24) is 0 Å². The molecule has 0 aromatic heterocycles. The predicted molar refractivity (Wildman–Crippen MR) is 69.4 cm³/mol. The standard InChI is InChI=1S/C12H8BrF2NO4/c1-8(20-11(17)12(13,14)15)5-6-9-3-2-4-10(7-9)16(18)19/h2-4,7-8H,1H3. The molecule has 0 heterocycles.